The predicted molar refractivity (Wildman–Crippen MR) is 172 cm³/mol. The third-order valence-electron chi connectivity index (χ3n) is 7.97. The smallest absolute Gasteiger partial charge is 0.460 e. The molecular formula is C32H24F9IO6S2. The van der Waals surface area contributed by atoms with Crippen molar-refractivity contribution in [1.29, 1.82) is 0 Å². The molecule has 0 amide bonds. The first-order valence-electron chi connectivity index (χ1n) is 13.9. The minimum Gasteiger partial charge on any atom is -0.497 e. The molecule has 0 aliphatic carbocycles. The highest BCUT2D eigenvalue weighted by Crippen LogP contribution is 2.78. The van der Waals surface area contributed by atoms with Gasteiger partial charge < -0.3 is 14.2 Å². The van der Waals surface area contributed by atoms with E-state index in [0.29, 0.717) is 11.3 Å². The highest BCUT2D eigenvalue weighted by molar-refractivity contribution is 14.1. The van der Waals surface area contributed by atoms with Crippen molar-refractivity contribution in [3.05, 3.63) is 106 Å². The second-order valence-corrected chi connectivity index (χ2v) is 16.2. The van der Waals surface area contributed by atoms with Crippen LogP contribution < -0.4 is 4.74 Å². The maximum absolute atomic E-state index is 15.3. The zero-order valence-electron chi connectivity index (χ0n) is 25.7. The van der Waals surface area contributed by atoms with Crippen LogP contribution in [0.5, 0.6) is 5.75 Å². The molecule has 1 aliphatic heterocycles. The first-order valence-corrected chi connectivity index (χ1v) is 18.0. The van der Waals surface area contributed by atoms with E-state index in [4.69, 9.17) is 17.8 Å². The van der Waals surface area contributed by atoms with Gasteiger partial charge in [0.15, 0.2) is 0 Å². The summed E-state index contributed by atoms with van der Waals surface area (Å²) in [6.07, 6.45) is -7.25. The van der Waals surface area contributed by atoms with Gasteiger partial charge in [-0.05, 0) is 98.6 Å². The van der Waals surface area contributed by atoms with Gasteiger partial charge in [0.1, 0.15) is 5.75 Å². The molecule has 50 heavy (non-hydrogen) atoms. The van der Waals surface area contributed by atoms with Gasteiger partial charge in [0.25, 0.3) is 0 Å². The minimum absolute atomic E-state index is 0.116. The van der Waals surface area contributed by atoms with Crippen molar-refractivity contribution >= 4 is 43.0 Å². The number of ether oxygens (including phenoxy) is 3. The highest BCUT2D eigenvalue weighted by Gasteiger charge is 2.86. The van der Waals surface area contributed by atoms with Crippen LogP contribution in [-0.4, -0.2) is 53.0 Å². The standard InChI is InChI=1S/C32H24F9IO6S2/c1-45-21-15-12-19(13-16-21)28(46-2,47-3)20-14-17-26-23(18-20)22-8-4-6-10-25(22)49(26,27-11-7-5-9-24(27)42)48-50(43,44)32(40,41)30(35,36)29(33,34)31(37,38)39/h4-18H,1-3H3. The molecule has 5 rings (SSSR count). The Morgan fingerprint density at radius 1 is 0.620 bits per heavy atom. The first-order chi connectivity index (χ1) is 23.2. The second-order valence-electron chi connectivity index (χ2n) is 10.6. The molecular weight excluding hydrogens is 842 g/mol. The van der Waals surface area contributed by atoms with E-state index in [1.54, 1.807) is 46.9 Å². The third-order valence-corrected chi connectivity index (χ3v) is 14.6. The van der Waals surface area contributed by atoms with Gasteiger partial charge in [-0.1, -0.05) is 36.4 Å². The van der Waals surface area contributed by atoms with Gasteiger partial charge in [0, 0.05) is 43.6 Å². The predicted octanol–water partition coefficient (Wildman–Crippen LogP) is 9.74. The number of benzene rings is 4. The Bertz CT molecular complexity index is 2020. The molecule has 4 aromatic rings. The molecule has 0 N–H and O–H groups in total. The second kappa shape index (κ2) is 12.9. The third kappa shape index (κ3) is 5.48. The maximum Gasteiger partial charge on any atom is 0.460 e. The molecule has 1 aliphatic rings. The maximum atomic E-state index is 15.3. The van der Waals surface area contributed by atoms with Gasteiger partial charge >= 0.3 is 33.4 Å². The van der Waals surface area contributed by atoms with Crippen molar-refractivity contribution in [2.75, 3.05) is 21.3 Å². The van der Waals surface area contributed by atoms with Crippen molar-refractivity contribution in [2.24, 2.45) is 0 Å². The molecule has 6 nitrogen and oxygen atoms in total. The Kier molecular flexibility index (Phi) is 9.83. The van der Waals surface area contributed by atoms with Crippen molar-refractivity contribution in [3.63, 3.8) is 0 Å². The molecule has 0 saturated carbocycles. The van der Waals surface area contributed by atoms with Crippen LogP contribution in [0, 0.1) is 3.57 Å². The van der Waals surface area contributed by atoms with E-state index in [2.05, 4.69) is 0 Å². The lowest BCUT2D eigenvalue weighted by atomic mass is 9.93. The Hall–Kier alpha value is -3.04. The fourth-order valence-corrected chi connectivity index (χ4v) is 12.4. The van der Waals surface area contributed by atoms with Crippen molar-refractivity contribution < 1.29 is 65.8 Å². The molecule has 1 atom stereocenters. The summed E-state index contributed by atoms with van der Waals surface area (Å²) in [6.45, 7) is 0. The summed E-state index contributed by atoms with van der Waals surface area (Å²) in [7, 11) is -7.39. The Morgan fingerprint density at radius 2 is 1.14 bits per heavy atom. The number of rotatable bonds is 11. The SMILES string of the molecule is COc1ccc(C(OC)(OC)c2ccc3c(c2)-c2ccccc2S3(OS(=O)(=O)C(F)(F)C(F)(F)C(F)(F)C(F)(F)F)c2ccccc2I)cc1. The highest BCUT2D eigenvalue weighted by atomic mass is 127. The molecule has 0 spiro atoms. The summed E-state index contributed by atoms with van der Waals surface area (Å²) in [5.41, 5.74) is 0.979. The molecule has 0 radical (unpaired) electrons. The van der Waals surface area contributed by atoms with Gasteiger partial charge in [-0.3, -0.25) is 0 Å². The van der Waals surface area contributed by atoms with Gasteiger partial charge in [-0.2, -0.15) is 47.9 Å². The van der Waals surface area contributed by atoms with E-state index in [1.807, 2.05) is 0 Å². The molecule has 0 aromatic heterocycles. The lowest BCUT2D eigenvalue weighted by Gasteiger charge is -2.40. The fourth-order valence-electron chi connectivity index (χ4n) is 5.51. The van der Waals surface area contributed by atoms with Crippen LogP contribution in [0.15, 0.2) is 106 Å². The van der Waals surface area contributed by atoms with Gasteiger partial charge in [-0.25, -0.2) is 3.63 Å². The van der Waals surface area contributed by atoms with Crippen LogP contribution in [0.25, 0.3) is 11.1 Å². The summed E-state index contributed by atoms with van der Waals surface area (Å²) in [4.78, 5) is -0.469. The van der Waals surface area contributed by atoms with E-state index in [1.165, 1.54) is 88.1 Å². The molecule has 0 saturated heterocycles. The summed E-state index contributed by atoms with van der Waals surface area (Å²) in [6, 6.07) is 21.6. The lowest BCUT2D eigenvalue weighted by Crippen LogP contribution is -2.63. The lowest BCUT2D eigenvalue weighted by molar-refractivity contribution is -0.382. The molecule has 0 bridgehead atoms. The van der Waals surface area contributed by atoms with Crippen LogP contribution in [0.3, 0.4) is 0 Å². The molecule has 4 aromatic carbocycles. The van der Waals surface area contributed by atoms with Gasteiger partial charge in [0.2, 0.25) is 5.79 Å². The molecule has 0 fully saturated rings. The van der Waals surface area contributed by atoms with E-state index in [-0.39, 0.29) is 34.9 Å². The number of halogens is 10. The fraction of sp³-hybridized carbons (Fsp3) is 0.250. The van der Waals surface area contributed by atoms with Gasteiger partial charge in [0.05, 0.1) is 7.11 Å². The zero-order chi connectivity index (χ0) is 37.1. The minimum atomic E-state index is -7.50. The number of hydrogen-bond acceptors (Lipinski definition) is 6. The molecule has 18 heteroatoms. The summed E-state index contributed by atoms with van der Waals surface area (Å²) in [5, 5.41) is -7.09. The summed E-state index contributed by atoms with van der Waals surface area (Å²) in [5.74, 6) is -16.1. The summed E-state index contributed by atoms with van der Waals surface area (Å²) < 4.78 is 175. The Balaban J connectivity index is 1.80. The molecule has 1 unspecified atom stereocenters. The number of methoxy groups -OCH3 is 3. The quantitative estimate of drug-likeness (QED) is 0.0850. The van der Waals surface area contributed by atoms with Crippen molar-refractivity contribution in [1.82, 2.24) is 0 Å². The Morgan fingerprint density at radius 3 is 1.68 bits per heavy atom. The average Bonchev–Trinajstić information content (AvgIpc) is 3.34. The normalized spacial score (nSPS) is 18.3. The zero-order valence-corrected chi connectivity index (χ0v) is 29.5. The van der Waals surface area contributed by atoms with E-state index < -0.39 is 49.5 Å². The van der Waals surface area contributed by atoms with Crippen LogP contribution in [-0.2, 0) is 29.0 Å². The Labute approximate surface area is 295 Å². The molecule has 1 heterocycles. The average molecular weight is 867 g/mol. The van der Waals surface area contributed by atoms with Crippen molar-refractivity contribution in [2.45, 2.75) is 43.7 Å². The van der Waals surface area contributed by atoms with Crippen LogP contribution >= 0.6 is 32.9 Å². The van der Waals surface area contributed by atoms with Crippen LogP contribution in [0.2, 0.25) is 0 Å². The summed E-state index contributed by atoms with van der Waals surface area (Å²) >= 11 is 1.71. The topological polar surface area (TPSA) is 71.1 Å². The monoisotopic (exact) mass is 866 g/mol. The largest absolute Gasteiger partial charge is 0.497 e. The number of hydrogen-bond donors (Lipinski definition) is 0. The first kappa shape index (κ1) is 38.2. The van der Waals surface area contributed by atoms with Gasteiger partial charge in [-0.15, -0.1) is 0 Å². The number of alkyl halides is 9. The number of fused-ring (bicyclic) bond motifs is 3. The van der Waals surface area contributed by atoms with E-state index in [0.717, 1.165) is 0 Å². The van der Waals surface area contributed by atoms with Crippen LogP contribution in [0.4, 0.5) is 39.5 Å². The van der Waals surface area contributed by atoms with E-state index in [9.17, 15) is 39.2 Å². The van der Waals surface area contributed by atoms with Crippen LogP contribution in [0.1, 0.15) is 11.1 Å². The van der Waals surface area contributed by atoms with Crippen molar-refractivity contribution in [3.8, 4) is 16.9 Å². The molecule has 270 valence electrons. The van der Waals surface area contributed by atoms with E-state index >= 15 is 8.78 Å².